The third-order valence-corrected chi connectivity index (χ3v) is 4.56. The molecule has 1 aliphatic carbocycles. The zero-order valence-corrected chi connectivity index (χ0v) is 11.8. The molecular formula is C13H16Cl3N. The van der Waals surface area contributed by atoms with Gasteiger partial charge in [0.2, 0.25) is 0 Å². The van der Waals surface area contributed by atoms with E-state index in [0.717, 1.165) is 28.0 Å². The molecule has 94 valence electrons. The Kier molecular flexibility index (Phi) is 4.98. The minimum atomic E-state index is 0.500. The third-order valence-electron chi connectivity index (χ3n) is 3.46. The van der Waals surface area contributed by atoms with Gasteiger partial charge in [-0.2, -0.15) is 0 Å². The SMILES string of the molecule is ClCC1CCCC1NCc1c(Cl)cccc1Cl. The largest absolute Gasteiger partial charge is 0.309 e. The van der Waals surface area contributed by atoms with Crippen LogP contribution in [0.3, 0.4) is 0 Å². The summed E-state index contributed by atoms with van der Waals surface area (Å²) in [5.41, 5.74) is 0.982. The van der Waals surface area contributed by atoms with E-state index in [0.29, 0.717) is 12.0 Å². The molecule has 0 aliphatic heterocycles. The second-order valence-corrected chi connectivity index (χ2v) is 5.66. The van der Waals surface area contributed by atoms with E-state index in [9.17, 15) is 0 Å². The molecule has 2 atom stereocenters. The maximum atomic E-state index is 6.13. The molecule has 0 amide bonds. The van der Waals surface area contributed by atoms with Crippen molar-refractivity contribution in [2.45, 2.75) is 31.8 Å². The highest BCUT2D eigenvalue weighted by atomic mass is 35.5. The summed E-state index contributed by atoms with van der Waals surface area (Å²) in [6.07, 6.45) is 3.67. The molecule has 1 N–H and O–H groups in total. The molecule has 4 heteroatoms. The standard InChI is InChI=1S/C13H16Cl3N/c14-7-9-3-1-6-13(9)17-8-10-11(15)4-2-5-12(10)16/h2,4-5,9,13,17H,1,3,6-8H2. The minimum absolute atomic E-state index is 0.500. The van der Waals surface area contributed by atoms with Crippen LogP contribution in [0.25, 0.3) is 0 Å². The summed E-state index contributed by atoms with van der Waals surface area (Å²) in [4.78, 5) is 0. The van der Waals surface area contributed by atoms with Crippen molar-refractivity contribution in [3.05, 3.63) is 33.8 Å². The quantitative estimate of drug-likeness (QED) is 0.806. The highest BCUT2D eigenvalue weighted by Crippen LogP contribution is 2.28. The predicted molar refractivity (Wildman–Crippen MR) is 75.2 cm³/mol. The van der Waals surface area contributed by atoms with Gasteiger partial charge < -0.3 is 5.32 Å². The van der Waals surface area contributed by atoms with Gasteiger partial charge in [-0.05, 0) is 30.9 Å². The van der Waals surface area contributed by atoms with Gasteiger partial charge in [0.1, 0.15) is 0 Å². The first kappa shape index (κ1) is 13.5. The molecule has 2 unspecified atom stereocenters. The molecule has 0 heterocycles. The van der Waals surface area contributed by atoms with Gasteiger partial charge in [-0.1, -0.05) is 35.7 Å². The number of hydrogen-bond donors (Lipinski definition) is 1. The summed E-state index contributed by atoms with van der Waals surface area (Å²) in [5, 5.41) is 4.98. The molecule has 0 saturated heterocycles. The number of halogens is 3. The van der Waals surface area contributed by atoms with E-state index < -0.39 is 0 Å². The van der Waals surface area contributed by atoms with Crippen LogP contribution in [0.4, 0.5) is 0 Å². The Bertz CT molecular complexity index is 361. The van der Waals surface area contributed by atoms with Crippen molar-refractivity contribution in [1.29, 1.82) is 0 Å². The summed E-state index contributed by atoms with van der Waals surface area (Å²) in [7, 11) is 0. The van der Waals surface area contributed by atoms with Crippen molar-refractivity contribution < 1.29 is 0 Å². The molecule has 1 saturated carbocycles. The molecule has 1 nitrogen and oxygen atoms in total. The van der Waals surface area contributed by atoms with Gasteiger partial charge in [-0.25, -0.2) is 0 Å². The molecule has 1 aromatic carbocycles. The summed E-state index contributed by atoms with van der Waals surface area (Å²) >= 11 is 18.2. The van der Waals surface area contributed by atoms with Crippen molar-refractivity contribution in [2.75, 3.05) is 5.88 Å². The Balaban J connectivity index is 1.98. The second-order valence-electron chi connectivity index (χ2n) is 4.53. The number of benzene rings is 1. The van der Waals surface area contributed by atoms with E-state index >= 15 is 0 Å². The maximum absolute atomic E-state index is 6.13. The summed E-state index contributed by atoms with van der Waals surface area (Å²) in [5.74, 6) is 1.31. The van der Waals surface area contributed by atoms with Crippen LogP contribution in [0, 0.1) is 5.92 Å². The molecule has 1 fully saturated rings. The fraction of sp³-hybridized carbons (Fsp3) is 0.538. The van der Waals surface area contributed by atoms with E-state index in [1.54, 1.807) is 0 Å². The van der Waals surface area contributed by atoms with Crippen LogP contribution in [0.5, 0.6) is 0 Å². The molecule has 0 aromatic heterocycles. The van der Waals surface area contributed by atoms with Crippen molar-refractivity contribution in [1.82, 2.24) is 5.32 Å². The molecule has 0 spiro atoms. The Hall–Kier alpha value is 0.0500. The molecule has 0 radical (unpaired) electrons. The van der Waals surface area contributed by atoms with Crippen LogP contribution in [-0.4, -0.2) is 11.9 Å². The smallest absolute Gasteiger partial charge is 0.0465 e. The summed E-state index contributed by atoms with van der Waals surface area (Å²) < 4.78 is 0. The average molecular weight is 293 g/mol. The fourth-order valence-corrected chi connectivity index (χ4v) is 3.33. The Morgan fingerprint density at radius 1 is 1.18 bits per heavy atom. The maximum Gasteiger partial charge on any atom is 0.0465 e. The van der Waals surface area contributed by atoms with E-state index in [1.807, 2.05) is 18.2 Å². The van der Waals surface area contributed by atoms with Crippen molar-refractivity contribution in [3.8, 4) is 0 Å². The molecule has 0 bridgehead atoms. The predicted octanol–water partition coefficient (Wildman–Crippen LogP) is 4.49. The molecule has 17 heavy (non-hydrogen) atoms. The molecule has 2 rings (SSSR count). The number of alkyl halides is 1. The lowest BCUT2D eigenvalue weighted by molar-refractivity contribution is 0.430. The van der Waals surface area contributed by atoms with Crippen LogP contribution in [0.1, 0.15) is 24.8 Å². The van der Waals surface area contributed by atoms with E-state index in [2.05, 4.69) is 5.32 Å². The lowest BCUT2D eigenvalue weighted by atomic mass is 10.1. The topological polar surface area (TPSA) is 12.0 Å². The molecule has 1 aliphatic rings. The highest BCUT2D eigenvalue weighted by Gasteiger charge is 2.26. The van der Waals surface area contributed by atoms with Gasteiger partial charge in [0.15, 0.2) is 0 Å². The van der Waals surface area contributed by atoms with Crippen LogP contribution in [0.2, 0.25) is 10.0 Å². The fourth-order valence-electron chi connectivity index (χ4n) is 2.42. The van der Waals surface area contributed by atoms with Crippen molar-refractivity contribution in [2.24, 2.45) is 5.92 Å². The van der Waals surface area contributed by atoms with Crippen LogP contribution >= 0.6 is 34.8 Å². The van der Waals surface area contributed by atoms with Gasteiger partial charge in [0, 0.05) is 34.1 Å². The summed E-state index contributed by atoms with van der Waals surface area (Å²) in [6, 6.07) is 6.11. The molecule has 1 aromatic rings. The van der Waals surface area contributed by atoms with Gasteiger partial charge in [0.05, 0.1) is 0 Å². The Morgan fingerprint density at radius 2 is 1.88 bits per heavy atom. The second kappa shape index (κ2) is 6.29. The number of rotatable bonds is 4. The summed E-state index contributed by atoms with van der Waals surface area (Å²) in [6.45, 7) is 0.719. The first-order chi connectivity index (χ1) is 8.22. The van der Waals surface area contributed by atoms with Crippen molar-refractivity contribution >= 4 is 34.8 Å². The van der Waals surface area contributed by atoms with Crippen LogP contribution in [0.15, 0.2) is 18.2 Å². The third kappa shape index (κ3) is 3.29. The van der Waals surface area contributed by atoms with E-state index in [1.165, 1.54) is 19.3 Å². The van der Waals surface area contributed by atoms with E-state index in [-0.39, 0.29) is 0 Å². The highest BCUT2D eigenvalue weighted by molar-refractivity contribution is 6.35. The van der Waals surface area contributed by atoms with Gasteiger partial charge >= 0.3 is 0 Å². The van der Waals surface area contributed by atoms with Gasteiger partial charge in [-0.15, -0.1) is 11.6 Å². The molecular weight excluding hydrogens is 277 g/mol. The minimum Gasteiger partial charge on any atom is -0.309 e. The monoisotopic (exact) mass is 291 g/mol. The van der Waals surface area contributed by atoms with Crippen LogP contribution < -0.4 is 5.32 Å². The average Bonchev–Trinajstić information content (AvgIpc) is 2.76. The lowest BCUT2D eigenvalue weighted by Gasteiger charge is -2.19. The zero-order chi connectivity index (χ0) is 12.3. The van der Waals surface area contributed by atoms with Gasteiger partial charge in [-0.3, -0.25) is 0 Å². The van der Waals surface area contributed by atoms with Crippen molar-refractivity contribution in [3.63, 3.8) is 0 Å². The lowest BCUT2D eigenvalue weighted by Crippen LogP contribution is -2.32. The number of nitrogens with one attached hydrogen (secondary N) is 1. The normalized spacial score (nSPS) is 24.2. The van der Waals surface area contributed by atoms with Crippen LogP contribution in [-0.2, 0) is 6.54 Å². The Morgan fingerprint density at radius 3 is 2.53 bits per heavy atom. The Labute approximate surface area is 117 Å². The van der Waals surface area contributed by atoms with E-state index in [4.69, 9.17) is 34.8 Å². The first-order valence-corrected chi connectivity index (χ1v) is 7.23. The zero-order valence-electron chi connectivity index (χ0n) is 9.56. The van der Waals surface area contributed by atoms with Gasteiger partial charge in [0.25, 0.3) is 0 Å². The number of hydrogen-bond acceptors (Lipinski definition) is 1. The first-order valence-electron chi connectivity index (χ1n) is 5.94.